The van der Waals surface area contributed by atoms with Crippen LogP contribution in [-0.4, -0.2) is 61.3 Å². The fraction of sp³-hybridized carbons (Fsp3) is 0.154. The Kier molecular flexibility index (Phi) is 10.3. The summed E-state index contributed by atoms with van der Waals surface area (Å²) >= 11 is 0. The second kappa shape index (κ2) is 16.0. The van der Waals surface area contributed by atoms with E-state index in [9.17, 15) is 61.3 Å². The zero-order chi connectivity index (χ0) is 45.1. The summed E-state index contributed by atoms with van der Waals surface area (Å²) in [6.07, 6.45) is 10.1. The number of benzene rings is 6. The van der Waals surface area contributed by atoms with Crippen molar-refractivity contribution >= 4 is 0 Å². The van der Waals surface area contributed by atoms with Crippen LogP contribution in [0, 0.1) is 11.8 Å². The summed E-state index contributed by atoms with van der Waals surface area (Å²) in [6.45, 7) is 0. The second-order valence-electron chi connectivity index (χ2n) is 16.7. The first kappa shape index (κ1) is 41.2. The molecule has 0 saturated carbocycles. The van der Waals surface area contributed by atoms with Crippen LogP contribution < -0.4 is 0 Å². The molecule has 0 aliphatic heterocycles. The number of rotatable bonds is 4. The average Bonchev–Trinajstić information content (AvgIpc) is 3.25. The Morgan fingerprint density at radius 2 is 0.578 bits per heavy atom. The van der Waals surface area contributed by atoms with Gasteiger partial charge in [0.2, 0.25) is 0 Å². The quantitative estimate of drug-likeness (QED) is 0.0793. The van der Waals surface area contributed by atoms with Crippen LogP contribution in [0.1, 0.15) is 92.1 Å². The fourth-order valence-electron chi connectivity index (χ4n) is 9.76. The second-order valence-corrected chi connectivity index (χ2v) is 16.7. The van der Waals surface area contributed by atoms with E-state index in [1.54, 1.807) is 66.8 Å². The van der Waals surface area contributed by atoms with Crippen molar-refractivity contribution in [3.05, 3.63) is 201 Å². The number of aliphatic hydroxyl groups is 2. The first-order valence-electron chi connectivity index (χ1n) is 20.6. The van der Waals surface area contributed by atoms with Crippen LogP contribution >= 0.6 is 0 Å². The lowest BCUT2D eigenvalue weighted by Gasteiger charge is -2.33. The molecule has 8 bridgehead atoms. The Hall–Kier alpha value is -8.12. The first-order valence-corrected chi connectivity index (χ1v) is 20.6. The molecule has 12 nitrogen and oxygen atoms in total. The monoisotopic (exact) mass is 860 g/mol. The van der Waals surface area contributed by atoms with E-state index in [2.05, 4.69) is 0 Å². The Labute approximate surface area is 366 Å². The van der Waals surface area contributed by atoms with Crippen molar-refractivity contribution in [1.82, 2.24) is 0 Å². The van der Waals surface area contributed by atoms with Crippen molar-refractivity contribution in [1.29, 1.82) is 0 Å². The molecule has 3 aliphatic rings. The summed E-state index contributed by atoms with van der Waals surface area (Å²) in [5, 5.41) is 137. The minimum atomic E-state index is -1.08. The Morgan fingerprint density at radius 1 is 0.312 bits per heavy atom. The zero-order valence-corrected chi connectivity index (χ0v) is 33.9. The van der Waals surface area contributed by atoms with Crippen molar-refractivity contribution < 1.29 is 61.3 Å². The molecule has 0 fully saturated rings. The zero-order valence-electron chi connectivity index (χ0n) is 33.9. The molecule has 6 aromatic rings. The molecule has 0 saturated heterocycles. The molecule has 0 spiro atoms. The van der Waals surface area contributed by atoms with Crippen molar-refractivity contribution in [3.8, 4) is 57.5 Å². The first-order chi connectivity index (χ1) is 30.7. The van der Waals surface area contributed by atoms with Gasteiger partial charge in [0, 0.05) is 92.4 Å². The summed E-state index contributed by atoms with van der Waals surface area (Å²) in [5.41, 5.74) is 2.37. The normalized spacial score (nSPS) is 21.5. The van der Waals surface area contributed by atoms with Crippen LogP contribution in [0.2, 0.25) is 0 Å². The van der Waals surface area contributed by atoms with E-state index < -0.39 is 58.5 Å². The van der Waals surface area contributed by atoms with Crippen LogP contribution in [0.3, 0.4) is 0 Å². The number of fused-ring (bicyclic) bond motifs is 8. The molecule has 12 heteroatoms. The number of allylic oxidation sites excluding steroid dienone is 6. The van der Waals surface area contributed by atoms with Gasteiger partial charge in [0.05, 0.1) is 0 Å². The lowest BCUT2D eigenvalue weighted by molar-refractivity contribution is 0.402. The third-order valence-corrected chi connectivity index (χ3v) is 12.8. The molecule has 64 heavy (non-hydrogen) atoms. The lowest BCUT2D eigenvalue weighted by Crippen LogP contribution is -2.19. The van der Waals surface area contributed by atoms with Gasteiger partial charge in [-0.25, -0.2) is 0 Å². The van der Waals surface area contributed by atoms with Gasteiger partial charge >= 0.3 is 0 Å². The number of hydrogen-bond acceptors (Lipinski definition) is 12. The molecule has 6 unspecified atom stereocenters. The number of hydrogen-bond donors (Lipinski definition) is 12. The van der Waals surface area contributed by atoms with Crippen molar-refractivity contribution in [2.75, 3.05) is 0 Å². The minimum Gasteiger partial charge on any atom is -0.508 e. The van der Waals surface area contributed by atoms with Crippen LogP contribution in [0.15, 0.2) is 145 Å². The number of aromatic hydroxyl groups is 10. The van der Waals surface area contributed by atoms with E-state index in [4.69, 9.17) is 0 Å². The number of phenols is 10. The van der Waals surface area contributed by atoms with E-state index in [-0.39, 0.29) is 103 Å². The summed E-state index contributed by atoms with van der Waals surface area (Å²) in [6, 6.07) is 22.9. The van der Waals surface area contributed by atoms with E-state index in [1.807, 2.05) is 0 Å². The number of phenolic OH excluding ortho intramolecular Hbond substituents is 10. The summed E-state index contributed by atoms with van der Waals surface area (Å²) in [4.78, 5) is 0. The maximum Gasteiger partial charge on any atom is 0.123 e. The van der Waals surface area contributed by atoms with E-state index in [0.29, 0.717) is 11.1 Å². The van der Waals surface area contributed by atoms with E-state index in [0.717, 1.165) is 18.2 Å². The summed E-state index contributed by atoms with van der Waals surface area (Å²) < 4.78 is 0. The molecular formula is C52H44O12. The molecule has 6 aromatic carbocycles. The molecule has 0 radical (unpaired) electrons. The van der Waals surface area contributed by atoms with Crippen LogP contribution in [-0.2, 0) is 0 Å². The average molecular weight is 861 g/mol. The SMILES string of the molecule is OC1=CCC(C2c3cc(c(O)cc3O)C(c3ccc(O)cc3)c3cc(c(O)cc3O)C(c3ccc(O)cc3)c3cc(c(O)cc3O)C(C3C=CC(O)=CC3)c3cc2c(O)cc3O)C=C1. The smallest absolute Gasteiger partial charge is 0.123 e. The Morgan fingerprint density at radius 3 is 0.859 bits per heavy atom. The van der Waals surface area contributed by atoms with Gasteiger partial charge in [-0.3, -0.25) is 0 Å². The van der Waals surface area contributed by atoms with Crippen LogP contribution in [0.4, 0.5) is 0 Å². The van der Waals surface area contributed by atoms with Gasteiger partial charge in [-0.2, -0.15) is 0 Å². The predicted molar refractivity (Wildman–Crippen MR) is 237 cm³/mol. The molecule has 0 aromatic heterocycles. The molecule has 12 N–H and O–H groups in total. The van der Waals surface area contributed by atoms with Gasteiger partial charge in [0.25, 0.3) is 0 Å². The number of aliphatic hydroxyl groups excluding tert-OH is 2. The highest BCUT2D eigenvalue weighted by Gasteiger charge is 2.37. The highest BCUT2D eigenvalue weighted by Crippen LogP contribution is 2.55. The van der Waals surface area contributed by atoms with Crippen molar-refractivity contribution in [2.45, 2.75) is 36.5 Å². The molecule has 0 heterocycles. The molecule has 9 rings (SSSR count). The van der Waals surface area contributed by atoms with E-state index in [1.165, 1.54) is 48.6 Å². The van der Waals surface area contributed by atoms with Gasteiger partial charge < -0.3 is 61.3 Å². The Bertz CT molecular complexity index is 2750. The molecular weight excluding hydrogens is 817 g/mol. The molecule has 6 atom stereocenters. The van der Waals surface area contributed by atoms with Crippen LogP contribution in [0.25, 0.3) is 0 Å². The van der Waals surface area contributed by atoms with Gasteiger partial charge in [0.15, 0.2) is 0 Å². The van der Waals surface area contributed by atoms with Crippen LogP contribution in [0.5, 0.6) is 57.5 Å². The van der Waals surface area contributed by atoms with Gasteiger partial charge in [-0.15, -0.1) is 0 Å². The standard InChI is InChI=1S/C52H44O12/c53-29-9-1-25(2-10-29)49-33-17-35(43(59)21-41(33)57)50(26-3-11-30(54)12-4-26)37-19-39(47(63)23-45(37)61)52(28-7-15-32(56)16-8-28)40-20-38(46(62)24-48(40)64)51(27-5-13-31(55)14-6-27)36-18-34(49)42(58)22-44(36)60/h1-5,7,9-24,27-28,49-64H,6,8H2. The minimum absolute atomic E-state index is 0.00590. The van der Waals surface area contributed by atoms with Gasteiger partial charge in [-0.05, 0) is 109 Å². The largest absolute Gasteiger partial charge is 0.508 e. The summed E-state index contributed by atoms with van der Waals surface area (Å²) in [7, 11) is 0. The highest BCUT2D eigenvalue weighted by atomic mass is 16.3. The predicted octanol–water partition coefficient (Wildman–Crippen LogP) is 9.72. The maximum atomic E-state index is 11.9. The maximum absolute atomic E-state index is 11.9. The lowest BCUT2D eigenvalue weighted by atomic mass is 9.71. The third kappa shape index (κ3) is 7.28. The Balaban J connectivity index is 1.44. The highest BCUT2D eigenvalue weighted by molar-refractivity contribution is 5.66. The fourth-order valence-corrected chi connectivity index (χ4v) is 9.76. The summed E-state index contributed by atoms with van der Waals surface area (Å²) in [5.74, 6) is -8.35. The third-order valence-electron chi connectivity index (χ3n) is 12.8. The van der Waals surface area contributed by atoms with Crippen molar-refractivity contribution in [2.24, 2.45) is 11.8 Å². The molecule has 0 amide bonds. The molecule has 3 aliphatic carbocycles. The van der Waals surface area contributed by atoms with Gasteiger partial charge in [-0.1, -0.05) is 36.4 Å². The van der Waals surface area contributed by atoms with Gasteiger partial charge in [0.1, 0.15) is 69.0 Å². The van der Waals surface area contributed by atoms with Crippen molar-refractivity contribution in [3.63, 3.8) is 0 Å². The van der Waals surface area contributed by atoms with E-state index >= 15 is 0 Å². The molecule has 324 valence electrons. The topological polar surface area (TPSA) is 243 Å².